The van der Waals surface area contributed by atoms with Gasteiger partial charge < -0.3 is 0 Å². The summed E-state index contributed by atoms with van der Waals surface area (Å²) in [6, 6.07) is 6.28. The smallest absolute Gasteiger partial charge is 0.270 e. The van der Waals surface area contributed by atoms with Gasteiger partial charge in [-0.2, -0.15) is 5.01 Å². The highest BCUT2D eigenvalue weighted by Crippen LogP contribution is 2.59. The number of benzene rings is 1. The van der Waals surface area contributed by atoms with Crippen LogP contribution in [0, 0.1) is 16.7 Å². The maximum Gasteiger partial charge on any atom is 0.270 e. The average Bonchev–Trinajstić information content (AvgIpc) is 2.69. The zero-order valence-corrected chi connectivity index (χ0v) is 14.1. The number of carbonyl (C=O) groups excluding carboxylic acids is 3. The molecule has 1 aliphatic carbocycles. The van der Waals surface area contributed by atoms with Gasteiger partial charge in [0.15, 0.2) is 0 Å². The molecule has 2 atom stereocenters. The summed E-state index contributed by atoms with van der Waals surface area (Å²) in [4.78, 5) is 37.8. The van der Waals surface area contributed by atoms with E-state index in [1.165, 1.54) is 0 Å². The molecule has 1 heterocycles. The second-order valence-electron chi connectivity index (χ2n) is 7.07. The summed E-state index contributed by atoms with van der Waals surface area (Å²) in [7, 11) is 0. The van der Waals surface area contributed by atoms with Crippen LogP contribution in [-0.4, -0.2) is 22.7 Å². The molecule has 0 spiro atoms. The minimum absolute atomic E-state index is 0.254. The monoisotopic (exact) mass is 334 g/mol. The predicted octanol–water partition coefficient (Wildman–Crippen LogP) is 2.80. The van der Waals surface area contributed by atoms with Crippen molar-refractivity contribution < 1.29 is 14.4 Å². The van der Waals surface area contributed by atoms with Crippen molar-refractivity contribution in [2.45, 2.75) is 33.6 Å². The SMILES string of the molecule is CC1(C)[C@H]2CC[C@]1(C)C(=O)N(NC(=O)c1ccc(Cl)cc1)C2=O. The highest BCUT2D eigenvalue weighted by atomic mass is 35.5. The van der Waals surface area contributed by atoms with Crippen molar-refractivity contribution in [2.75, 3.05) is 0 Å². The standard InChI is InChI=1S/C17H19ClN2O3/c1-16(2)12-8-9-17(16,3)15(23)20(14(12)22)19-13(21)10-4-6-11(18)7-5-10/h4-7,12H,8-9H2,1-3H3,(H,19,21)/t12-,17+/m0/s1. The Morgan fingerprint density at radius 3 is 2.43 bits per heavy atom. The lowest BCUT2D eigenvalue weighted by Gasteiger charge is -2.47. The van der Waals surface area contributed by atoms with Crippen molar-refractivity contribution in [1.82, 2.24) is 10.4 Å². The van der Waals surface area contributed by atoms with E-state index in [-0.39, 0.29) is 17.7 Å². The van der Waals surface area contributed by atoms with Gasteiger partial charge in [0, 0.05) is 16.5 Å². The van der Waals surface area contributed by atoms with Gasteiger partial charge in [0.1, 0.15) is 0 Å². The fourth-order valence-electron chi connectivity index (χ4n) is 3.69. The first-order valence-corrected chi connectivity index (χ1v) is 8.01. The lowest BCUT2D eigenvalue weighted by molar-refractivity contribution is -0.171. The van der Waals surface area contributed by atoms with Crippen molar-refractivity contribution in [2.24, 2.45) is 16.7 Å². The molecule has 1 aliphatic heterocycles. The Balaban J connectivity index is 1.87. The largest absolute Gasteiger partial charge is 0.272 e. The summed E-state index contributed by atoms with van der Waals surface area (Å²) < 4.78 is 0. The third-order valence-electron chi connectivity index (χ3n) is 5.74. The average molecular weight is 335 g/mol. The first-order valence-electron chi connectivity index (χ1n) is 7.63. The molecule has 23 heavy (non-hydrogen) atoms. The molecule has 2 bridgehead atoms. The molecule has 3 amide bonds. The highest BCUT2D eigenvalue weighted by molar-refractivity contribution is 6.30. The number of amides is 3. The van der Waals surface area contributed by atoms with E-state index >= 15 is 0 Å². The fourth-order valence-corrected chi connectivity index (χ4v) is 3.82. The number of imide groups is 1. The van der Waals surface area contributed by atoms with E-state index < -0.39 is 16.7 Å². The summed E-state index contributed by atoms with van der Waals surface area (Å²) in [5, 5.41) is 1.43. The molecular weight excluding hydrogens is 316 g/mol. The summed E-state index contributed by atoms with van der Waals surface area (Å²) in [5.41, 5.74) is 1.77. The van der Waals surface area contributed by atoms with Gasteiger partial charge in [-0.15, -0.1) is 0 Å². The summed E-state index contributed by atoms with van der Waals surface area (Å²) in [5.74, 6) is -1.40. The first kappa shape index (κ1) is 16.0. The van der Waals surface area contributed by atoms with Crippen LogP contribution < -0.4 is 5.43 Å². The normalized spacial score (nSPS) is 28.9. The lowest BCUT2D eigenvalue weighted by Crippen LogP contribution is -2.63. The Morgan fingerprint density at radius 1 is 1.22 bits per heavy atom. The van der Waals surface area contributed by atoms with Gasteiger partial charge in [0.25, 0.3) is 17.7 Å². The van der Waals surface area contributed by atoms with Gasteiger partial charge in [0.05, 0.1) is 5.41 Å². The van der Waals surface area contributed by atoms with Crippen LogP contribution in [0.3, 0.4) is 0 Å². The zero-order valence-electron chi connectivity index (χ0n) is 13.4. The quantitative estimate of drug-likeness (QED) is 0.846. The minimum Gasteiger partial charge on any atom is -0.272 e. The Bertz CT molecular complexity index is 698. The summed E-state index contributed by atoms with van der Waals surface area (Å²) in [6.45, 7) is 5.79. The van der Waals surface area contributed by atoms with Crippen molar-refractivity contribution in [3.63, 3.8) is 0 Å². The van der Waals surface area contributed by atoms with Gasteiger partial charge in [0.2, 0.25) is 0 Å². The summed E-state index contributed by atoms with van der Waals surface area (Å²) in [6.07, 6.45) is 1.32. The zero-order chi connectivity index (χ0) is 17.0. The molecule has 0 aromatic heterocycles. The molecule has 122 valence electrons. The number of carbonyl (C=O) groups is 3. The van der Waals surface area contributed by atoms with Crippen molar-refractivity contribution in [3.05, 3.63) is 34.9 Å². The van der Waals surface area contributed by atoms with Crippen LogP contribution in [0.1, 0.15) is 44.0 Å². The van der Waals surface area contributed by atoms with Crippen LogP contribution in [0.5, 0.6) is 0 Å². The predicted molar refractivity (Wildman–Crippen MR) is 85.4 cm³/mol. The first-order chi connectivity index (χ1) is 10.7. The van der Waals surface area contributed by atoms with E-state index in [4.69, 9.17) is 11.6 Å². The topological polar surface area (TPSA) is 66.5 Å². The summed E-state index contributed by atoms with van der Waals surface area (Å²) >= 11 is 5.80. The number of hydrogen-bond acceptors (Lipinski definition) is 3. The molecule has 0 radical (unpaired) electrons. The second-order valence-corrected chi connectivity index (χ2v) is 7.51. The molecule has 6 heteroatoms. The maximum atomic E-state index is 12.8. The Morgan fingerprint density at radius 2 is 1.83 bits per heavy atom. The molecule has 1 aromatic carbocycles. The third-order valence-corrected chi connectivity index (χ3v) is 5.99. The van der Waals surface area contributed by atoms with Crippen LogP contribution >= 0.6 is 11.6 Å². The van der Waals surface area contributed by atoms with Gasteiger partial charge >= 0.3 is 0 Å². The maximum absolute atomic E-state index is 12.8. The molecule has 1 saturated carbocycles. The van der Waals surface area contributed by atoms with E-state index in [9.17, 15) is 14.4 Å². The van der Waals surface area contributed by atoms with Gasteiger partial charge in [-0.1, -0.05) is 32.4 Å². The molecule has 5 nitrogen and oxygen atoms in total. The van der Waals surface area contributed by atoms with Crippen LogP contribution in [0.4, 0.5) is 0 Å². The molecule has 1 saturated heterocycles. The highest BCUT2D eigenvalue weighted by Gasteiger charge is 2.64. The Kier molecular flexibility index (Phi) is 3.52. The van der Waals surface area contributed by atoms with E-state index in [1.54, 1.807) is 24.3 Å². The van der Waals surface area contributed by atoms with Crippen LogP contribution in [0.15, 0.2) is 24.3 Å². The van der Waals surface area contributed by atoms with E-state index in [2.05, 4.69) is 5.43 Å². The lowest BCUT2D eigenvalue weighted by atomic mass is 9.63. The van der Waals surface area contributed by atoms with Gasteiger partial charge in [-0.25, -0.2) is 0 Å². The van der Waals surface area contributed by atoms with Crippen LogP contribution in [-0.2, 0) is 9.59 Å². The molecule has 1 aromatic rings. The molecule has 1 N–H and O–H groups in total. The van der Waals surface area contributed by atoms with Crippen molar-refractivity contribution >= 4 is 29.3 Å². The Hall–Kier alpha value is -1.88. The molecule has 3 rings (SSSR count). The molecular formula is C17H19ClN2O3. The van der Waals surface area contributed by atoms with Crippen LogP contribution in [0.2, 0.25) is 5.02 Å². The van der Waals surface area contributed by atoms with Gasteiger partial charge in [-0.05, 0) is 42.5 Å². The molecule has 2 fully saturated rings. The number of fused-ring (bicyclic) bond motifs is 2. The number of hydrazine groups is 1. The van der Waals surface area contributed by atoms with E-state index in [0.29, 0.717) is 23.4 Å². The number of nitrogens with one attached hydrogen (secondary N) is 1. The Labute approximate surface area is 140 Å². The number of piperidine rings is 1. The number of hydrogen-bond donors (Lipinski definition) is 1. The minimum atomic E-state index is -0.640. The number of halogens is 1. The number of rotatable bonds is 2. The van der Waals surface area contributed by atoms with Crippen molar-refractivity contribution in [1.29, 1.82) is 0 Å². The second kappa shape index (κ2) is 5.06. The van der Waals surface area contributed by atoms with Crippen molar-refractivity contribution in [3.8, 4) is 0 Å². The van der Waals surface area contributed by atoms with E-state index in [0.717, 1.165) is 5.01 Å². The van der Waals surface area contributed by atoms with Gasteiger partial charge in [-0.3, -0.25) is 19.8 Å². The molecule has 2 aliphatic rings. The number of nitrogens with zero attached hydrogens (tertiary/aromatic N) is 1. The van der Waals surface area contributed by atoms with Crippen LogP contribution in [0.25, 0.3) is 0 Å². The molecule has 0 unspecified atom stereocenters. The van der Waals surface area contributed by atoms with E-state index in [1.807, 2.05) is 20.8 Å². The third kappa shape index (κ3) is 2.17. The fraction of sp³-hybridized carbons (Fsp3) is 0.471.